The van der Waals surface area contributed by atoms with Gasteiger partial charge >= 0.3 is 0 Å². The van der Waals surface area contributed by atoms with Crippen molar-refractivity contribution >= 4 is 0 Å². The van der Waals surface area contributed by atoms with E-state index in [4.69, 9.17) is 0 Å². The molecule has 0 spiro atoms. The SMILES string of the molecule is Cc1cccc(CN2CCCC2)c1. The molecule has 70 valence electrons. The lowest BCUT2D eigenvalue weighted by Crippen LogP contribution is -2.18. The number of aryl methyl sites for hydroxylation is 1. The minimum atomic E-state index is 1.14. The molecule has 1 aromatic carbocycles. The molecule has 0 saturated carbocycles. The molecule has 0 bridgehead atoms. The van der Waals surface area contributed by atoms with E-state index in [-0.39, 0.29) is 0 Å². The van der Waals surface area contributed by atoms with Gasteiger partial charge in [-0.15, -0.1) is 0 Å². The van der Waals surface area contributed by atoms with Crippen LogP contribution in [0.3, 0.4) is 0 Å². The van der Waals surface area contributed by atoms with Crippen LogP contribution in [0.5, 0.6) is 0 Å². The maximum atomic E-state index is 2.54. The van der Waals surface area contributed by atoms with Crippen molar-refractivity contribution in [2.24, 2.45) is 0 Å². The summed E-state index contributed by atoms with van der Waals surface area (Å²) < 4.78 is 0. The van der Waals surface area contributed by atoms with E-state index in [1.807, 2.05) is 0 Å². The molecule has 0 N–H and O–H groups in total. The van der Waals surface area contributed by atoms with E-state index < -0.39 is 0 Å². The number of benzene rings is 1. The van der Waals surface area contributed by atoms with Crippen LogP contribution < -0.4 is 0 Å². The molecule has 1 saturated heterocycles. The van der Waals surface area contributed by atoms with Crippen LogP contribution in [0, 0.1) is 6.92 Å². The lowest BCUT2D eigenvalue weighted by atomic mass is 10.1. The molecular formula is C12H17N. The Balaban J connectivity index is 2.00. The molecule has 2 rings (SSSR count). The molecule has 0 unspecified atom stereocenters. The molecular weight excluding hydrogens is 158 g/mol. The summed E-state index contributed by atoms with van der Waals surface area (Å²) in [5.74, 6) is 0. The summed E-state index contributed by atoms with van der Waals surface area (Å²) in [6.07, 6.45) is 2.76. The highest BCUT2D eigenvalue weighted by atomic mass is 15.1. The Bertz CT molecular complexity index is 274. The van der Waals surface area contributed by atoms with Gasteiger partial charge in [0.15, 0.2) is 0 Å². The fraction of sp³-hybridized carbons (Fsp3) is 0.500. The largest absolute Gasteiger partial charge is 0.299 e. The van der Waals surface area contributed by atoms with E-state index >= 15 is 0 Å². The molecule has 0 amide bonds. The Hall–Kier alpha value is -0.820. The first-order valence-corrected chi connectivity index (χ1v) is 5.12. The third-order valence-electron chi connectivity index (χ3n) is 2.69. The molecule has 1 nitrogen and oxygen atoms in total. The topological polar surface area (TPSA) is 3.24 Å². The Morgan fingerprint density at radius 1 is 1.23 bits per heavy atom. The monoisotopic (exact) mass is 175 g/mol. The van der Waals surface area contributed by atoms with E-state index in [9.17, 15) is 0 Å². The molecule has 1 heteroatoms. The zero-order valence-electron chi connectivity index (χ0n) is 8.29. The molecule has 0 atom stereocenters. The molecule has 0 aliphatic carbocycles. The predicted molar refractivity (Wildman–Crippen MR) is 55.7 cm³/mol. The molecule has 1 aliphatic rings. The van der Waals surface area contributed by atoms with Gasteiger partial charge in [-0.1, -0.05) is 29.8 Å². The fourth-order valence-electron chi connectivity index (χ4n) is 2.01. The summed E-state index contributed by atoms with van der Waals surface area (Å²) in [5, 5.41) is 0. The minimum absolute atomic E-state index is 1.14. The zero-order valence-corrected chi connectivity index (χ0v) is 8.29. The maximum absolute atomic E-state index is 2.54. The van der Waals surface area contributed by atoms with Crippen molar-refractivity contribution in [2.45, 2.75) is 26.3 Å². The van der Waals surface area contributed by atoms with Crippen molar-refractivity contribution < 1.29 is 0 Å². The van der Waals surface area contributed by atoms with Gasteiger partial charge in [0.25, 0.3) is 0 Å². The number of nitrogens with zero attached hydrogens (tertiary/aromatic N) is 1. The van der Waals surface area contributed by atoms with Gasteiger partial charge in [0.2, 0.25) is 0 Å². The van der Waals surface area contributed by atoms with Gasteiger partial charge in [0, 0.05) is 6.54 Å². The fourth-order valence-corrected chi connectivity index (χ4v) is 2.01. The van der Waals surface area contributed by atoms with Crippen molar-refractivity contribution in [2.75, 3.05) is 13.1 Å². The van der Waals surface area contributed by atoms with Gasteiger partial charge in [-0.3, -0.25) is 4.90 Å². The number of rotatable bonds is 2. The Morgan fingerprint density at radius 3 is 2.69 bits per heavy atom. The lowest BCUT2D eigenvalue weighted by molar-refractivity contribution is 0.331. The molecule has 0 radical (unpaired) electrons. The first-order valence-electron chi connectivity index (χ1n) is 5.12. The standard InChI is InChI=1S/C12H17N/c1-11-5-4-6-12(9-11)10-13-7-2-3-8-13/h4-6,9H,2-3,7-8,10H2,1H3. The number of likely N-dealkylation sites (tertiary alicyclic amines) is 1. The maximum Gasteiger partial charge on any atom is 0.0233 e. The summed E-state index contributed by atoms with van der Waals surface area (Å²) in [7, 11) is 0. The van der Waals surface area contributed by atoms with E-state index in [1.54, 1.807) is 0 Å². The van der Waals surface area contributed by atoms with Crippen LogP contribution in [0.2, 0.25) is 0 Å². The quantitative estimate of drug-likeness (QED) is 0.668. The molecule has 1 heterocycles. The molecule has 0 aromatic heterocycles. The van der Waals surface area contributed by atoms with Crippen LogP contribution in [-0.4, -0.2) is 18.0 Å². The lowest BCUT2D eigenvalue weighted by Gasteiger charge is -2.14. The predicted octanol–water partition coefficient (Wildman–Crippen LogP) is 2.59. The van der Waals surface area contributed by atoms with E-state index in [0.717, 1.165) is 6.54 Å². The van der Waals surface area contributed by atoms with Crippen molar-refractivity contribution in [3.63, 3.8) is 0 Å². The van der Waals surface area contributed by atoms with Crippen LogP contribution in [0.15, 0.2) is 24.3 Å². The van der Waals surface area contributed by atoms with Crippen molar-refractivity contribution in [1.29, 1.82) is 0 Å². The smallest absolute Gasteiger partial charge is 0.0233 e. The summed E-state index contributed by atoms with van der Waals surface area (Å²) in [4.78, 5) is 2.54. The second kappa shape index (κ2) is 3.93. The van der Waals surface area contributed by atoms with Crippen LogP contribution in [-0.2, 0) is 6.54 Å². The van der Waals surface area contributed by atoms with Crippen molar-refractivity contribution in [3.05, 3.63) is 35.4 Å². The summed E-state index contributed by atoms with van der Waals surface area (Å²) >= 11 is 0. The van der Waals surface area contributed by atoms with Crippen LogP contribution in [0.25, 0.3) is 0 Å². The van der Waals surface area contributed by atoms with Crippen molar-refractivity contribution in [1.82, 2.24) is 4.90 Å². The Kier molecular flexibility index (Phi) is 2.65. The third kappa shape index (κ3) is 2.31. The molecule has 1 fully saturated rings. The molecule has 13 heavy (non-hydrogen) atoms. The highest BCUT2D eigenvalue weighted by molar-refractivity contribution is 5.22. The van der Waals surface area contributed by atoms with Gasteiger partial charge in [0.1, 0.15) is 0 Å². The first-order chi connectivity index (χ1) is 6.34. The first kappa shape index (κ1) is 8.76. The normalized spacial score (nSPS) is 17.9. The third-order valence-corrected chi connectivity index (χ3v) is 2.69. The number of hydrogen-bond donors (Lipinski definition) is 0. The average molecular weight is 175 g/mol. The average Bonchev–Trinajstić information content (AvgIpc) is 2.57. The highest BCUT2D eigenvalue weighted by Crippen LogP contribution is 2.13. The van der Waals surface area contributed by atoms with Gasteiger partial charge in [-0.05, 0) is 38.4 Å². The van der Waals surface area contributed by atoms with Gasteiger partial charge < -0.3 is 0 Å². The Morgan fingerprint density at radius 2 is 2.00 bits per heavy atom. The van der Waals surface area contributed by atoms with Crippen LogP contribution in [0.4, 0.5) is 0 Å². The van der Waals surface area contributed by atoms with Crippen LogP contribution >= 0.6 is 0 Å². The van der Waals surface area contributed by atoms with Gasteiger partial charge in [-0.2, -0.15) is 0 Å². The molecule has 1 aromatic rings. The van der Waals surface area contributed by atoms with Gasteiger partial charge in [-0.25, -0.2) is 0 Å². The van der Waals surface area contributed by atoms with Crippen molar-refractivity contribution in [3.8, 4) is 0 Å². The summed E-state index contributed by atoms with van der Waals surface area (Å²) in [6.45, 7) is 5.87. The molecule has 1 aliphatic heterocycles. The van der Waals surface area contributed by atoms with Gasteiger partial charge in [0.05, 0.1) is 0 Å². The number of hydrogen-bond acceptors (Lipinski definition) is 1. The summed E-state index contributed by atoms with van der Waals surface area (Å²) in [6, 6.07) is 8.83. The Labute approximate surface area is 80.4 Å². The van der Waals surface area contributed by atoms with Crippen LogP contribution in [0.1, 0.15) is 24.0 Å². The van der Waals surface area contributed by atoms with E-state index in [2.05, 4.69) is 36.1 Å². The highest BCUT2D eigenvalue weighted by Gasteiger charge is 2.11. The second-order valence-electron chi connectivity index (χ2n) is 3.97. The zero-order chi connectivity index (χ0) is 9.10. The van der Waals surface area contributed by atoms with E-state index in [0.29, 0.717) is 0 Å². The minimum Gasteiger partial charge on any atom is -0.299 e. The summed E-state index contributed by atoms with van der Waals surface area (Å²) in [5.41, 5.74) is 2.83. The van der Waals surface area contributed by atoms with E-state index in [1.165, 1.54) is 37.1 Å². The second-order valence-corrected chi connectivity index (χ2v) is 3.97.